The highest BCUT2D eigenvalue weighted by Crippen LogP contribution is 2.27. The number of benzene rings is 1. The lowest BCUT2D eigenvalue weighted by Crippen LogP contribution is -2.40. The number of piperidine rings is 1. The molecule has 6 heteroatoms. The average molecular weight is 341 g/mol. The number of aryl methyl sites for hydroxylation is 1. The molecule has 0 unspecified atom stereocenters. The van der Waals surface area contributed by atoms with Gasteiger partial charge in [0, 0.05) is 38.1 Å². The molecule has 2 aromatic rings. The van der Waals surface area contributed by atoms with Gasteiger partial charge in [-0.2, -0.15) is 0 Å². The minimum absolute atomic E-state index is 0.0113. The predicted molar refractivity (Wildman–Crippen MR) is 97.2 cm³/mol. The Hall–Kier alpha value is -2.76. The maximum Gasteiger partial charge on any atom is 0.321 e. The number of rotatable bonds is 3. The number of urea groups is 1. The third-order valence-electron chi connectivity index (χ3n) is 4.72. The molecule has 3 rings (SSSR count). The molecule has 0 bridgehead atoms. The second-order valence-electron chi connectivity index (χ2n) is 6.33. The van der Waals surface area contributed by atoms with Crippen molar-refractivity contribution in [1.29, 1.82) is 0 Å². The first kappa shape index (κ1) is 17.1. The largest absolute Gasteiger partial charge is 0.497 e. The summed E-state index contributed by atoms with van der Waals surface area (Å²) in [4.78, 5) is 26.0. The minimum atomic E-state index is -0.0902. The molecule has 0 spiro atoms. The molecule has 1 N–H and O–H groups in total. The fourth-order valence-electron chi connectivity index (χ4n) is 3.11. The first-order chi connectivity index (χ1) is 12.1. The molecule has 1 fully saturated rings. The van der Waals surface area contributed by atoms with E-state index in [1.807, 2.05) is 35.2 Å². The zero-order valence-corrected chi connectivity index (χ0v) is 14.6. The van der Waals surface area contributed by atoms with Gasteiger partial charge in [0.1, 0.15) is 5.75 Å². The van der Waals surface area contributed by atoms with Crippen molar-refractivity contribution in [1.82, 2.24) is 9.47 Å². The van der Waals surface area contributed by atoms with Gasteiger partial charge in [-0.1, -0.05) is 0 Å². The summed E-state index contributed by atoms with van der Waals surface area (Å²) in [5.74, 6) is 1.09. The molecular formula is C19H23N3O3. The Kier molecular flexibility index (Phi) is 5.07. The van der Waals surface area contributed by atoms with Gasteiger partial charge in [0.2, 0.25) is 0 Å². The second kappa shape index (κ2) is 7.42. The Balaban J connectivity index is 1.56. The number of nitrogens with zero attached hydrogens (tertiary/aromatic N) is 2. The van der Waals surface area contributed by atoms with Gasteiger partial charge in [-0.25, -0.2) is 4.79 Å². The van der Waals surface area contributed by atoms with Crippen molar-refractivity contribution in [2.45, 2.75) is 18.8 Å². The Morgan fingerprint density at radius 1 is 1.16 bits per heavy atom. The highest BCUT2D eigenvalue weighted by Gasteiger charge is 2.24. The number of likely N-dealkylation sites (tertiary alicyclic amines) is 1. The lowest BCUT2D eigenvalue weighted by atomic mass is 9.90. The maximum absolute atomic E-state index is 12.4. The zero-order valence-electron chi connectivity index (χ0n) is 14.6. The van der Waals surface area contributed by atoms with Crippen LogP contribution in [0.3, 0.4) is 0 Å². The molecule has 6 nitrogen and oxygen atoms in total. The fourth-order valence-corrected chi connectivity index (χ4v) is 3.11. The molecule has 132 valence electrons. The van der Waals surface area contributed by atoms with Crippen molar-refractivity contribution in [3.8, 4) is 5.75 Å². The Labute approximate surface area is 147 Å². The van der Waals surface area contributed by atoms with Crippen LogP contribution in [0.4, 0.5) is 10.5 Å². The summed E-state index contributed by atoms with van der Waals surface area (Å²) in [7, 11) is 3.36. The SMILES string of the molecule is COc1ccc(NC(=O)N2CCC(c3ccn(C)c(=O)c3)CC2)cc1. The van der Waals surface area contributed by atoms with Crippen LogP contribution in [0, 0.1) is 0 Å². The van der Waals surface area contributed by atoms with Gasteiger partial charge < -0.3 is 19.5 Å². The van der Waals surface area contributed by atoms with E-state index in [0.29, 0.717) is 19.0 Å². The molecule has 1 aromatic heterocycles. The lowest BCUT2D eigenvalue weighted by Gasteiger charge is -2.32. The van der Waals surface area contributed by atoms with Gasteiger partial charge in [0.15, 0.2) is 0 Å². The molecular weight excluding hydrogens is 318 g/mol. The van der Waals surface area contributed by atoms with Gasteiger partial charge in [-0.15, -0.1) is 0 Å². The molecule has 2 amide bonds. The van der Waals surface area contributed by atoms with Gasteiger partial charge in [-0.05, 0) is 54.7 Å². The highest BCUT2D eigenvalue weighted by molar-refractivity contribution is 5.89. The van der Waals surface area contributed by atoms with Crippen LogP contribution in [-0.4, -0.2) is 35.7 Å². The Morgan fingerprint density at radius 3 is 2.44 bits per heavy atom. The summed E-state index contributed by atoms with van der Waals surface area (Å²) >= 11 is 0. The van der Waals surface area contributed by atoms with E-state index < -0.39 is 0 Å². The van der Waals surface area contributed by atoms with Crippen molar-refractivity contribution in [3.63, 3.8) is 0 Å². The number of anilines is 1. The van der Waals surface area contributed by atoms with Crippen LogP contribution in [0.1, 0.15) is 24.3 Å². The van der Waals surface area contributed by atoms with E-state index in [0.717, 1.165) is 29.8 Å². The summed E-state index contributed by atoms with van der Waals surface area (Å²) in [5, 5.41) is 2.91. The van der Waals surface area contributed by atoms with E-state index in [2.05, 4.69) is 5.32 Å². The molecule has 1 aliphatic rings. The van der Waals surface area contributed by atoms with E-state index in [1.165, 1.54) is 0 Å². The summed E-state index contributed by atoms with van der Waals surface area (Å²) in [6.07, 6.45) is 3.53. The predicted octanol–water partition coefficient (Wildman–Crippen LogP) is 2.81. The molecule has 0 radical (unpaired) electrons. The molecule has 1 aliphatic heterocycles. The average Bonchev–Trinajstić information content (AvgIpc) is 2.65. The van der Waals surface area contributed by atoms with Crippen molar-refractivity contribution in [2.24, 2.45) is 7.05 Å². The van der Waals surface area contributed by atoms with Crippen LogP contribution in [-0.2, 0) is 7.05 Å². The summed E-state index contributed by atoms with van der Waals surface area (Å²) in [5.41, 5.74) is 1.83. The first-order valence-electron chi connectivity index (χ1n) is 8.43. The van der Waals surface area contributed by atoms with E-state index in [-0.39, 0.29) is 11.6 Å². The molecule has 0 saturated carbocycles. The van der Waals surface area contributed by atoms with E-state index in [1.54, 1.807) is 31.0 Å². The van der Waals surface area contributed by atoms with Gasteiger partial charge in [0.25, 0.3) is 5.56 Å². The zero-order chi connectivity index (χ0) is 17.8. The summed E-state index contributed by atoms with van der Waals surface area (Å²) in [6.45, 7) is 1.36. The van der Waals surface area contributed by atoms with Crippen LogP contribution in [0.25, 0.3) is 0 Å². The molecule has 2 heterocycles. The third-order valence-corrected chi connectivity index (χ3v) is 4.72. The van der Waals surface area contributed by atoms with Gasteiger partial charge in [0.05, 0.1) is 7.11 Å². The quantitative estimate of drug-likeness (QED) is 0.934. The van der Waals surface area contributed by atoms with Crippen LogP contribution in [0.5, 0.6) is 5.75 Å². The molecule has 0 atom stereocenters. The maximum atomic E-state index is 12.4. The Bertz CT molecular complexity index is 790. The van der Waals surface area contributed by atoms with Crippen molar-refractivity contribution in [2.75, 3.05) is 25.5 Å². The normalized spacial score (nSPS) is 15.0. The number of pyridine rings is 1. The van der Waals surface area contributed by atoms with E-state index in [9.17, 15) is 9.59 Å². The van der Waals surface area contributed by atoms with Gasteiger partial charge in [-0.3, -0.25) is 4.79 Å². The number of hydrogen-bond acceptors (Lipinski definition) is 3. The number of nitrogens with one attached hydrogen (secondary N) is 1. The van der Waals surface area contributed by atoms with E-state index in [4.69, 9.17) is 4.74 Å². The fraction of sp³-hybridized carbons (Fsp3) is 0.368. The molecule has 1 saturated heterocycles. The summed E-state index contributed by atoms with van der Waals surface area (Å²) < 4.78 is 6.68. The number of carbonyl (C=O) groups is 1. The molecule has 25 heavy (non-hydrogen) atoms. The highest BCUT2D eigenvalue weighted by atomic mass is 16.5. The Morgan fingerprint density at radius 2 is 1.84 bits per heavy atom. The molecule has 0 aliphatic carbocycles. The number of methoxy groups -OCH3 is 1. The first-order valence-corrected chi connectivity index (χ1v) is 8.43. The van der Waals surface area contributed by atoms with Crippen LogP contribution in [0.2, 0.25) is 0 Å². The van der Waals surface area contributed by atoms with E-state index >= 15 is 0 Å². The van der Waals surface area contributed by atoms with Crippen molar-refractivity contribution >= 4 is 11.7 Å². The minimum Gasteiger partial charge on any atom is -0.497 e. The van der Waals surface area contributed by atoms with Gasteiger partial charge >= 0.3 is 6.03 Å². The number of carbonyl (C=O) groups excluding carboxylic acids is 1. The van der Waals surface area contributed by atoms with Crippen LogP contribution in [0.15, 0.2) is 47.4 Å². The standard InChI is InChI=1S/C19H23N3O3/c1-21-10-7-15(13-18(21)23)14-8-11-22(12-9-14)19(24)20-16-3-5-17(25-2)6-4-16/h3-7,10,13-14H,8-9,11-12H2,1-2H3,(H,20,24). The topological polar surface area (TPSA) is 63.6 Å². The lowest BCUT2D eigenvalue weighted by molar-refractivity contribution is 0.194. The van der Waals surface area contributed by atoms with Crippen LogP contribution >= 0.6 is 0 Å². The monoisotopic (exact) mass is 341 g/mol. The number of ether oxygens (including phenoxy) is 1. The number of amides is 2. The van der Waals surface area contributed by atoms with Crippen molar-refractivity contribution < 1.29 is 9.53 Å². The smallest absolute Gasteiger partial charge is 0.321 e. The van der Waals surface area contributed by atoms with Crippen LogP contribution < -0.4 is 15.6 Å². The summed E-state index contributed by atoms with van der Waals surface area (Å²) in [6, 6.07) is 10.9. The van der Waals surface area contributed by atoms with Crippen molar-refractivity contribution in [3.05, 3.63) is 58.5 Å². The number of hydrogen-bond donors (Lipinski definition) is 1. The number of aromatic nitrogens is 1. The third kappa shape index (κ3) is 4.02. The second-order valence-corrected chi connectivity index (χ2v) is 6.33. The molecule has 1 aromatic carbocycles.